The van der Waals surface area contributed by atoms with Gasteiger partial charge in [0.1, 0.15) is 17.1 Å². The Labute approximate surface area is 117 Å². The first-order chi connectivity index (χ1) is 9.95. The fourth-order valence-electron chi connectivity index (χ4n) is 2.19. The quantitative estimate of drug-likeness (QED) is 0.818. The molecule has 1 aliphatic heterocycles. The number of aromatic nitrogens is 3. The number of halogens is 4. The maximum absolute atomic E-state index is 13.5. The van der Waals surface area contributed by atoms with Crippen LogP contribution in [-0.2, 0) is 17.5 Å². The highest BCUT2D eigenvalue weighted by molar-refractivity contribution is 5.63. The standard InChI is InChI=1S/C13H11F4N3O/c14-10-3-1-2-9(12(10)13(15,16)17)11-5-20(19-18-11)4-8-6-21-7-8/h1-3,5,8H,4,6-7H2. The van der Waals surface area contributed by atoms with Crippen LogP contribution >= 0.6 is 0 Å². The summed E-state index contributed by atoms with van der Waals surface area (Å²) < 4.78 is 58.9. The number of ether oxygens (including phenoxy) is 1. The summed E-state index contributed by atoms with van der Waals surface area (Å²) in [6.07, 6.45) is -3.39. The summed E-state index contributed by atoms with van der Waals surface area (Å²) in [5.74, 6) is -1.03. The lowest BCUT2D eigenvalue weighted by Crippen LogP contribution is -2.31. The number of rotatable bonds is 3. The molecule has 0 radical (unpaired) electrons. The minimum Gasteiger partial charge on any atom is -0.381 e. The number of hydrogen-bond acceptors (Lipinski definition) is 3. The van der Waals surface area contributed by atoms with Gasteiger partial charge < -0.3 is 4.74 Å². The molecule has 0 spiro atoms. The first kappa shape index (κ1) is 14.0. The molecule has 1 aromatic heterocycles. The van der Waals surface area contributed by atoms with Gasteiger partial charge in [-0.2, -0.15) is 13.2 Å². The molecule has 0 unspecified atom stereocenters. The maximum atomic E-state index is 13.5. The van der Waals surface area contributed by atoms with Gasteiger partial charge in [-0.3, -0.25) is 4.68 Å². The monoisotopic (exact) mass is 301 g/mol. The van der Waals surface area contributed by atoms with Gasteiger partial charge in [-0.15, -0.1) is 5.10 Å². The van der Waals surface area contributed by atoms with Gasteiger partial charge >= 0.3 is 6.18 Å². The second-order valence-electron chi connectivity index (χ2n) is 4.89. The smallest absolute Gasteiger partial charge is 0.381 e. The Hall–Kier alpha value is -1.96. The zero-order valence-corrected chi connectivity index (χ0v) is 10.8. The van der Waals surface area contributed by atoms with Crippen LogP contribution in [0.2, 0.25) is 0 Å². The molecule has 0 saturated carbocycles. The second kappa shape index (κ2) is 5.10. The summed E-state index contributed by atoms with van der Waals surface area (Å²) in [4.78, 5) is 0. The van der Waals surface area contributed by atoms with E-state index < -0.39 is 17.6 Å². The van der Waals surface area contributed by atoms with Crippen molar-refractivity contribution in [1.29, 1.82) is 0 Å². The molecule has 0 atom stereocenters. The molecule has 1 aromatic carbocycles. The van der Waals surface area contributed by atoms with Gasteiger partial charge in [0, 0.05) is 18.0 Å². The summed E-state index contributed by atoms with van der Waals surface area (Å²) >= 11 is 0. The van der Waals surface area contributed by atoms with Crippen molar-refractivity contribution in [1.82, 2.24) is 15.0 Å². The van der Waals surface area contributed by atoms with Crippen molar-refractivity contribution in [3.05, 3.63) is 35.8 Å². The van der Waals surface area contributed by atoms with Crippen LogP contribution in [0.25, 0.3) is 11.3 Å². The number of hydrogen-bond donors (Lipinski definition) is 0. The highest BCUT2D eigenvalue weighted by Gasteiger charge is 2.37. The number of alkyl halides is 3. The highest BCUT2D eigenvalue weighted by Crippen LogP contribution is 2.38. The average Bonchev–Trinajstić information content (AvgIpc) is 2.80. The van der Waals surface area contributed by atoms with E-state index in [0.29, 0.717) is 19.8 Å². The third-order valence-corrected chi connectivity index (χ3v) is 3.26. The first-order valence-electron chi connectivity index (χ1n) is 6.29. The normalized spacial score (nSPS) is 16.0. The van der Waals surface area contributed by atoms with Crippen LogP contribution in [0.3, 0.4) is 0 Å². The molecular weight excluding hydrogens is 290 g/mol. The zero-order chi connectivity index (χ0) is 15.0. The molecule has 0 amide bonds. The van der Waals surface area contributed by atoms with Gasteiger partial charge in [0.15, 0.2) is 0 Å². The van der Waals surface area contributed by atoms with Crippen molar-refractivity contribution in [2.24, 2.45) is 5.92 Å². The molecule has 3 rings (SSSR count). The molecule has 112 valence electrons. The van der Waals surface area contributed by atoms with E-state index in [1.54, 1.807) is 0 Å². The molecule has 21 heavy (non-hydrogen) atoms. The third kappa shape index (κ3) is 2.76. The van der Waals surface area contributed by atoms with Crippen LogP contribution in [-0.4, -0.2) is 28.2 Å². The van der Waals surface area contributed by atoms with E-state index in [2.05, 4.69) is 10.3 Å². The molecule has 2 heterocycles. The Balaban J connectivity index is 1.95. The molecule has 0 N–H and O–H groups in total. The van der Waals surface area contributed by atoms with E-state index in [1.807, 2.05) is 0 Å². The fraction of sp³-hybridized carbons (Fsp3) is 0.385. The van der Waals surface area contributed by atoms with Crippen LogP contribution in [0.4, 0.5) is 17.6 Å². The minimum atomic E-state index is -4.79. The predicted molar refractivity (Wildman–Crippen MR) is 64.7 cm³/mol. The van der Waals surface area contributed by atoms with Gasteiger partial charge in [0.05, 0.1) is 19.4 Å². The lowest BCUT2D eigenvalue weighted by atomic mass is 10.0. The van der Waals surface area contributed by atoms with Crippen LogP contribution in [0.15, 0.2) is 24.4 Å². The van der Waals surface area contributed by atoms with E-state index in [9.17, 15) is 17.6 Å². The van der Waals surface area contributed by atoms with Crippen LogP contribution in [0, 0.1) is 11.7 Å². The van der Waals surface area contributed by atoms with E-state index in [1.165, 1.54) is 23.0 Å². The topological polar surface area (TPSA) is 39.9 Å². The van der Waals surface area contributed by atoms with Crippen LogP contribution < -0.4 is 0 Å². The Bertz CT molecular complexity index is 649. The van der Waals surface area contributed by atoms with Gasteiger partial charge in [0.25, 0.3) is 0 Å². The van der Waals surface area contributed by atoms with E-state index >= 15 is 0 Å². The summed E-state index contributed by atoms with van der Waals surface area (Å²) in [7, 11) is 0. The first-order valence-corrected chi connectivity index (χ1v) is 6.29. The number of nitrogens with zero attached hydrogens (tertiary/aromatic N) is 3. The summed E-state index contributed by atoms with van der Waals surface area (Å²) in [5.41, 5.74) is -1.62. The molecule has 0 bridgehead atoms. The molecule has 8 heteroatoms. The highest BCUT2D eigenvalue weighted by atomic mass is 19.4. The van der Waals surface area contributed by atoms with Crippen molar-refractivity contribution < 1.29 is 22.3 Å². The maximum Gasteiger partial charge on any atom is 0.419 e. The average molecular weight is 301 g/mol. The molecule has 1 saturated heterocycles. The molecule has 0 aliphatic carbocycles. The van der Waals surface area contributed by atoms with Gasteiger partial charge in [-0.25, -0.2) is 4.39 Å². The minimum absolute atomic E-state index is 0.00191. The molecule has 2 aromatic rings. The van der Waals surface area contributed by atoms with Gasteiger partial charge in [0.2, 0.25) is 0 Å². The predicted octanol–water partition coefficient (Wildman–Crippen LogP) is 2.75. The van der Waals surface area contributed by atoms with Crippen molar-refractivity contribution in [2.45, 2.75) is 12.7 Å². The lowest BCUT2D eigenvalue weighted by Gasteiger charge is -2.25. The van der Waals surface area contributed by atoms with Crippen molar-refractivity contribution in [3.8, 4) is 11.3 Å². The summed E-state index contributed by atoms with van der Waals surface area (Å²) in [6, 6.07) is 3.19. The van der Waals surface area contributed by atoms with Crippen molar-refractivity contribution in [3.63, 3.8) is 0 Å². The summed E-state index contributed by atoms with van der Waals surface area (Å²) in [5, 5.41) is 7.51. The van der Waals surface area contributed by atoms with Crippen molar-refractivity contribution in [2.75, 3.05) is 13.2 Å². The Morgan fingerprint density at radius 1 is 1.29 bits per heavy atom. The van der Waals surface area contributed by atoms with Gasteiger partial charge in [-0.1, -0.05) is 17.3 Å². The lowest BCUT2D eigenvalue weighted by molar-refractivity contribution is -0.139. The van der Waals surface area contributed by atoms with Crippen molar-refractivity contribution >= 4 is 0 Å². The molecule has 1 fully saturated rings. The van der Waals surface area contributed by atoms with Crippen LogP contribution in [0.5, 0.6) is 0 Å². The van der Waals surface area contributed by atoms with E-state index in [-0.39, 0.29) is 17.2 Å². The molecular formula is C13H11F4N3O. The van der Waals surface area contributed by atoms with E-state index in [4.69, 9.17) is 4.74 Å². The van der Waals surface area contributed by atoms with Gasteiger partial charge in [-0.05, 0) is 6.07 Å². The van der Waals surface area contributed by atoms with Crippen LogP contribution in [0.1, 0.15) is 5.56 Å². The van der Waals surface area contributed by atoms with E-state index in [0.717, 1.165) is 6.07 Å². The largest absolute Gasteiger partial charge is 0.419 e. The molecule has 1 aliphatic rings. The summed E-state index contributed by atoms with van der Waals surface area (Å²) in [6.45, 7) is 1.72. The Morgan fingerprint density at radius 2 is 2.05 bits per heavy atom. The number of benzene rings is 1. The fourth-order valence-corrected chi connectivity index (χ4v) is 2.19. The second-order valence-corrected chi connectivity index (χ2v) is 4.89. The SMILES string of the molecule is Fc1cccc(-c2cn(CC3COC3)nn2)c1C(F)(F)F. The third-order valence-electron chi connectivity index (χ3n) is 3.26. The Morgan fingerprint density at radius 3 is 2.67 bits per heavy atom. The zero-order valence-electron chi connectivity index (χ0n) is 10.8. The Kier molecular flexibility index (Phi) is 3.40. The molecule has 4 nitrogen and oxygen atoms in total.